The van der Waals surface area contributed by atoms with E-state index in [0.717, 1.165) is 70.9 Å². The van der Waals surface area contributed by atoms with Gasteiger partial charge in [-0.3, -0.25) is 9.69 Å². The van der Waals surface area contributed by atoms with Crippen molar-refractivity contribution in [3.8, 4) is 0 Å². The van der Waals surface area contributed by atoms with Gasteiger partial charge in [-0.05, 0) is 49.7 Å². The topological polar surface area (TPSA) is 39.7 Å². The molecule has 0 unspecified atom stereocenters. The van der Waals surface area contributed by atoms with Crippen LogP contribution in [0.2, 0.25) is 0 Å². The fraction of sp³-hybridized carbons (Fsp3) is 0.636. The maximum Gasteiger partial charge on any atom is 0.223 e. The number of likely N-dealkylation sites (tertiary alicyclic amines) is 1. The lowest BCUT2D eigenvalue weighted by Gasteiger charge is -2.39. The summed E-state index contributed by atoms with van der Waals surface area (Å²) < 4.78 is 0. The molecule has 0 aromatic carbocycles. The van der Waals surface area contributed by atoms with E-state index in [1.165, 1.54) is 6.42 Å². The predicted molar refractivity (Wildman–Crippen MR) is 109 cm³/mol. The summed E-state index contributed by atoms with van der Waals surface area (Å²) in [5.74, 6) is 2.57. The van der Waals surface area contributed by atoms with Gasteiger partial charge in [0, 0.05) is 58.4 Å². The maximum absolute atomic E-state index is 12.7. The molecule has 1 aliphatic carbocycles. The summed E-state index contributed by atoms with van der Waals surface area (Å²) in [7, 11) is 0. The van der Waals surface area contributed by atoms with Crippen molar-refractivity contribution < 1.29 is 4.79 Å². The normalized spacial score (nSPS) is 26.5. The number of aromatic nitrogens is 1. The molecule has 3 aliphatic rings. The van der Waals surface area contributed by atoms with E-state index in [2.05, 4.69) is 44.0 Å². The number of amides is 1. The average molecular weight is 369 g/mol. The van der Waals surface area contributed by atoms with Crippen molar-refractivity contribution in [1.82, 2.24) is 14.8 Å². The van der Waals surface area contributed by atoms with Crippen LogP contribution in [0.1, 0.15) is 32.1 Å². The number of nitrogens with zero attached hydrogens (tertiary/aromatic N) is 4. The van der Waals surface area contributed by atoms with Gasteiger partial charge in [0.15, 0.2) is 0 Å². The van der Waals surface area contributed by atoms with Crippen molar-refractivity contribution in [2.45, 2.75) is 32.1 Å². The molecule has 2 saturated heterocycles. The number of pyridine rings is 1. The first-order chi connectivity index (χ1) is 13.3. The van der Waals surface area contributed by atoms with Crippen LogP contribution in [-0.4, -0.2) is 66.5 Å². The van der Waals surface area contributed by atoms with Crippen LogP contribution in [0.4, 0.5) is 5.82 Å². The van der Waals surface area contributed by atoms with Gasteiger partial charge in [-0.15, -0.1) is 0 Å². The van der Waals surface area contributed by atoms with E-state index < -0.39 is 0 Å². The second kappa shape index (κ2) is 8.87. The summed E-state index contributed by atoms with van der Waals surface area (Å²) >= 11 is 0. The summed E-state index contributed by atoms with van der Waals surface area (Å²) in [4.78, 5) is 24.2. The van der Waals surface area contributed by atoms with E-state index in [0.29, 0.717) is 24.2 Å². The highest BCUT2D eigenvalue weighted by atomic mass is 16.2. The molecule has 0 spiro atoms. The molecule has 3 heterocycles. The zero-order chi connectivity index (χ0) is 18.5. The predicted octanol–water partition coefficient (Wildman–Crippen LogP) is 2.80. The molecule has 27 heavy (non-hydrogen) atoms. The van der Waals surface area contributed by atoms with Gasteiger partial charge in [0.25, 0.3) is 0 Å². The summed E-state index contributed by atoms with van der Waals surface area (Å²) in [6.45, 7) is 7.31. The van der Waals surface area contributed by atoms with Crippen LogP contribution >= 0.6 is 0 Å². The molecule has 0 N–H and O–H groups in total. The molecule has 0 bridgehead atoms. The summed E-state index contributed by atoms with van der Waals surface area (Å²) in [5.41, 5.74) is 0. The molecule has 1 amide bonds. The van der Waals surface area contributed by atoms with Crippen LogP contribution in [-0.2, 0) is 4.79 Å². The van der Waals surface area contributed by atoms with E-state index in [-0.39, 0.29) is 0 Å². The fourth-order valence-electron chi connectivity index (χ4n) is 4.72. The number of hydrogen-bond donors (Lipinski definition) is 0. The monoisotopic (exact) mass is 368 g/mol. The number of hydrogen-bond acceptors (Lipinski definition) is 4. The Morgan fingerprint density at radius 2 is 2.00 bits per heavy atom. The second-order valence-electron chi connectivity index (χ2n) is 8.29. The molecule has 2 atom stereocenters. The third-order valence-electron chi connectivity index (χ3n) is 6.28. The minimum atomic E-state index is 0.372. The van der Waals surface area contributed by atoms with E-state index in [1.54, 1.807) is 0 Å². The third-order valence-corrected chi connectivity index (χ3v) is 6.28. The van der Waals surface area contributed by atoms with E-state index >= 15 is 0 Å². The highest BCUT2D eigenvalue weighted by Gasteiger charge is 2.28. The molecule has 2 fully saturated rings. The number of piperidine rings is 1. The lowest BCUT2D eigenvalue weighted by Crippen LogP contribution is -2.50. The second-order valence-corrected chi connectivity index (χ2v) is 8.29. The SMILES string of the molecule is O=C(C[C@@H]1C=CCC1)N1CCC[C@@H](CN2CCN(c3ccccn3)CC2)C1. The Balaban J connectivity index is 1.22. The largest absolute Gasteiger partial charge is 0.354 e. The van der Waals surface area contributed by atoms with Crippen molar-refractivity contribution in [3.63, 3.8) is 0 Å². The number of anilines is 1. The third kappa shape index (κ3) is 4.89. The first-order valence-electron chi connectivity index (χ1n) is 10.6. The first-order valence-corrected chi connectivity index (χ1v) is 10.6. The summed E-state index contributed by atoms with van der Waals surface area (Å²) in [6.07, 6.45) is 11.8. The van der Waals surface area contributed by atoms with Crippen LogP contribution in [0, 0.1) is 11.8 Å². The smallest absolute Gasteiger partial charge is 0.223 e. The first kappa shape index (κ1) is 18.5. The molecule has 146 valence electrons. The number of carbonyl (C=O) groups is 1. The molecule has 1 aromatic heterocycles. The van der Waals surface area contributed by atoms with E-state index in [1.807, 2.05) is 12.3 Å². The lowest BCUT2D eigenvalue weighted by atomic mass is 9.95. The number of carbonyl (C=O) groups excluding carboxylic acids is 1. The summed E-state index contributed by atoms with van der Waals surface area (Å²) in [6, 6.07) is 6.13. The van der Waals surface area contributed by atoms with Gasteiger partial charge in [0.05, 0.1) is 0 Å². The van der Waals surface area contributed by atoms with Crippen LogP contribution in [0.15, 0.2) is 36.5 Å². The minimum Gasteiger partial charge on any atom is -0.354 e. The van der Waals surface area contributed by atoms with Gasteiger partial charge in [-0.2, -0.15) is 0 Å². The zero-order valence-electron chi connectivity index (χ0n) is 16.3. The Kier molecular flexibility index (Phi) is 6.07. The molecule has 1 aromatic rings. The van der Waals surface area contributed by atoms with Crippen molar-refractivity contribution in [2.75, 3.05) is 50.7 Å². The average Bonchev–Trinajstić information content (AvgIpc) is 3.22. The van der Waals surface area contributed by atoms with Crippen molar-refractivity contribution in [2.24, 2.45) is 11.8 Å². The van der Waals surface area contributed by atoms with Gasteiger partial charge in [0.2, 0.25) is 5.91 Å². The maximum atomic E-state index is 12.7. The quantitative estimate of drug-likeness (QED) is 0.750. The highest BCUT2D eigenvalue weighted by Crippen LogP contribution is 2.24. The van der Waals surface area contributed by atoms with Crippen LogP contribution < -0.4 is 4.90 Å². The van der Waals surface area contributed by atoms with Crippen LogP contribution in [0.3, 0.4) is 0 Å². The Morgan fingerprint density at radius 3 is 2.74 bits per heavy atom. The van der Waals surface area contributed by atoms with Gasteiger partial charge < -0.3 is 9.80 Å². The molecular weight excluding hydrogens is 336 g/mol. The lowest BCUT2D eigenvalue weighted by molar-refractivity contribution is -0.133. The molecule has 0 saturated carbocycles. The Hall–Kier alpha value is -1.88. The van der Waals surface area contributed by atoms with Gasteiger partial charge in [-0.1, -0.05) is 18.2 Å². The molecule has 4 rings (SSSR count). The van der Waals surface area contributed by atoms with Gasteiger partial charge >= 0.3 is 0 Å². The number of rotatable bonds is 5. The molecule has 5 nitrogen and oxygen atoms in total. The van der Waals surface area contributed by atoms with Crippen molar-refractivity contribution in [1.29, 1.82) is 0 Å². The Labute approximate surface area is 163 Å². The number of piperazine rings is 1. The standard InChI is InChI=1S/C22H32N4O/c27-22(16-19-6-1-2-7-19)26-11-5-8-20(18-26)17-24-12-14-25(15-13-24)21-9-3-4-10-23-21/h1,3-4,6,9-10,19-20H,2,5,7-8,11-18H2/t19-,20+/m1/s1. The minimum absolute atomic E-state index is 0.372. The van der Waals surface area contributed by atoms with E-state index in [4.69, 9.17) is 0 Å². The fourth-order valence-corrected chi connectivity index (χ4v) is 4.72. The van der Waals surface area contributed by atoms with Gasteiger partial charge in [0.1, 0.15) is 5.82 Å². The van der Waals surface area contributed by atoms with Crippen molar-refractivity contribution in [3.05, 3.63) is 36.5 Å². The highest BCUT2D eigenvalue weighted by molar-refractivity contribution is 5.76. The molecular formula is C22H32N4O. The van der Waals surface area contributed by atoms with Crippen LogP contribution in [0.5, 0.6) is 0 Å². The number of allylic oxidation sites excluding steroid dienone is 2. The Morgan fingerprint density at radius 1 is 1.11 bits per heavy atom. The summed E-state index contributed by atoms with van der Waals surface area (Å²) in [5, 5.41) is 0. The van der Waals surface area contributed by atoms with E-state index in [9.17, 15) is 4.79 Å². The Bertz CT molecular complexity index is 639. The van der Waals surface area contributed by atoms with Gasteiger partial charge in [-0.25, -0.2) is 4.98 Å². The zero-order valence-corrected chi connectivity index (χ0v) is 16.3. The molecule has 2 aliphatic heterocycles. The molecule has 0 radical (unpaired) electrons. The molecule has 5 heteroatoms. The van der Waals surface area contributed by atoms with Crippen LogP contribution in [0.25, 0.3) is 0 Å². The van der Waals surface area contributed by atoms with Crippen molar-refractivity contribution >= 4 is 11.7 Å².